The van der Waals surface area contributed by atoms with Gasteiger partial charge in [0.1, 0.15) is 5.75 Å². The van der Waals surface area contributed by atoms with Gasteiger partial charge in [-0.15, -0.1) is 0 Å². The topological polar surface area (TPSA) is 67.8 Å². The van der Waals surface area contributed by atoms with Crippen LogP contribution in [0.25, 0.3) is 0 Å². The normalized spacial score (nSPS) is 29.8. The maximum absolute atomic E-state index is 12.8. The lowest BCUT2D eigenvalue weighted by atomic mass is 9.54. The molecule has 0 aliphatic heterocycles. The Morgan fingerprint density at radius 1 is 1.09 bits per heavy atom. The van der Waals surface area contributed by atoms with Crippen molar-refractivity contribution in [3.63, 3.8) is 0 Å². The second kappa shape index (κ2) is 8.46. The van der Waals surface area contributed by atoms with Gasteiger partial charge >= 0.3 is 0 Å². The number of hydrazone groups is 1. The molecule has 5 rings (SSSR count). The van der Waals surface area contributed by atoms with Gasteiger partial charge in [0.2, 0.25) is 0 Å². The van der Waals surface area contributed by atoms with Crippen molar-refractivity contribution < 1.29 is 13.2 Å². The first kappa shape index (κ1) is 22.5. The molecule has 2 fully saturated rings. The summed E-state index contributed by atoms with van der Waals surface area (Å²) in [5.74, 6) is 2.75. The van der Waals surface area contributed by atoms with E-state index in [4.69, 9.17) is 4.74 Å². The van der Waals surface area contributed by atoms with Crippen molar-refractivity contribution in [3.05, 3.63) is 59.2 Å². The minimum Gasteiger partial charge on any atom is -0.497 e. The van der Waals surface area contributed by atoms with Crippen LogP contribution in [0, 0.1) is 24.2 Å². The second-order valence-corrected chi connectivity index (χ2v) is 11.7. The number of aryl methyl sites for hydroxylation is 2. The summed E-state index contributed by atoms with van der Waals surface area (Å²) in [7, 11) is -1.92. The monoisotopic (exact) mass is 466 g/mol. The molecule has 33 heavy (non-hydrogen) atoms. The van der Waals surface area contributed by atoms with Crippen LogP contribution in [-0.4, -0.2) is 21.2 Å². The van der Waals surface area contributed by atoms with Gasteiger partial charge in [0.05, 0.1) is 12.0 Å². The fraction of sp³-hybridized carbons (Fsp3) is 0.519. The van der Waals surface area contributed by atoms with Crippen LogP contribution in [0.3, 0.4) is 0 Å². The zero-order valence-electron chi connectivity index (χ0n) is 19.8. The number of benzene rings is 2. The number of ether oxygens (including phenoxy) is 1. The fourth-order valence-corrected chi connectivity index (χ4v) is 7.82. The van der Waals surface area contributed by atoms with Crippen LogP contribution in [0.4, 0.5) is 0 Å². The highest BCUT2D eigenvalue weighted by Crippen LogP contribution is 2.61. The molecule has 0 unspecified atom stereocenters. The molecule has 6 heteroatoms. The van der Waals surface area contributed by atoms with Gasteiger partial charge in [-0.2, -0.15) is 13.5 Å². The fourth-order valence-electron chi connectivity index (χ4n) is 6.99. The highest BCUT2D eigenvalue weighted by Gasteiger charge is 2.55. The third kappa shape index (κ3) is 3.76. The molecule has 0 heterocycles. The zero-order chi connectivity index (χ0) is 23.2. The van der Waals surface area contributed by atoms with E-state index in [1.54, 1.807) is 19.2 Å². The Kier molecular flexibility index (Phi) is 5.76. The number of nitrogens with zero attached hydrogens (tertiary/aromatic N) is 1. The van der Waals surface area contributed by atoms with Crippen LogP contribution >= 0.6 is 0 Å². The summed E-state index contributed by atoms with van der Waals surface area (Å²) in [4.78, 5) is 2.84. The molecule has 176 valence electrons. The summed E-state index contributed by atoms with van der Waals surface area (Å²) < 4.78 is 31.1. The molecule has 1 N–H and O–H groups in total. The van der Waals surface area contributed by atoms with Crippen molar-refractivity contribution in [1.82, 2.24) is 4.83 Å². The van der Waals surface area contributed by atoms with Crippen molar-refractivity contribution in [3.8, 4) is 5.75 Å². The van der Waals surface area contributed by atoms with Crippen molar-refractivity contribution in [2.24, 2.45) is 22.4 Å². The van der Waals surface area contributed by atoms with Gasteiger partial charge in [-0.05, 0) is 105 Å². The summed E-state index contributed by atoms with van der Waals surface area (Å²) >= 11 is 0. The predicted octanol–water partition coefficient (Wildman–Crippen LogP) is 5.58. The van der Waals surface area contributed by atoms with Crippen molar-refractivity contribution >= 4 is 15.7 Å². The Morgan fingerprint density at radius 3 is 2.61 bits per heavy atom. The Labute approximate surface area is 197 Å². The van der Waals surface area contributed by atoms with Gasteiger partial charge in [0, 0.05) is 11.1 Å². The van der Waals surface area contributed by atoms with Gasteiger partial charge in [0.15, 0.2) is 0 Å². The average molecular weight is 467 g/mol. The Morgan fingerprint density at radius 2 is 1.88 bits per heavy atom. The third-order valence-electron chi connectivity index (χ3n) is 8.67. The number of nitrogens with one attached hydrogen (secondary N) is 1. The highest BCUT2D eigenvalue weighted by molar-refractivity contribution is 7.89. The van der Waals surface area contributed by atoms with Crippen LogP contribution in [0.1, 0.15) is 68.1 Å². The number of methoxy groups -OCH3 is 1. The maximum Gasteiger partial charge on any atom is 0.276 e. The molecule has 2 saturated carbocycles. The Hall–Kier alpha value is -2.34. The van der Waals surface area contributed by atoms with Gasteiger partial charge in [-0.1, -0.05) is 30.7 Å². The Balaban J connectivity index is 1.40. The van der Waals surface area contributed by atoms with Crippen LogP contribution in [-0.2, 0) is 16.4 Å². The lowest BCUT2D eigenvalue weighted by Crippen LogP contribution is -2.44. The quantitative estimate of drug-likeness (QED) is 0.585. The van der Waals surface area contributed by atoms with E-state index in [1.165, 1.54) is 17.5 Å². The third-order valence-corrected chi connectivity index (χ3v) is 9.90. The molecule has 5 nitrogen and oxygen atoms in total. The molecule has 2 aromatic carbocycles. The van der Waals surface area contributed by atoms with E-state index >= 15 is 0 Å². The second-order valence-electron chi connectivity index (χ2n) is 10.0. The predicted molar refractivity (Wildman–Crippen MR) is 131 cm³/mol. The minimum atomic E-state index is -3.66. The zero-order valence-corrected chi connectivity index (χ0v) is 20.6. The van der Waals surface area contributed by atoms with Crippen LogP contribution in [0.5, 0.6) is 5.75 Å². The number of fused-ring (bicyclic) bond motifs is 5. The molecule has 0 saturated heterocycles. The number of hydrogen-bond donors (Lipinski definition) is 1. The van der Waals surface area contributed by atoms with E-state index in [2.05, 4.69) is 35.1 Å². The molecule has 3 aliphatic rings. The van der Waals surface area contributed by atoms with Gasteiger partial charge < -0.3 is 4.74 Å². The molecule has 0 spiro atoms. The van der Waals surface area contributed by atoms with E-state index in [0.717, 1.165) is 55.5 Å². The summed E-state index contributed by atoms with van der Waals surface area (Å²) in [6.07, 6.45) is 7.50. The average Bonchev–Trinajstić information content (AvgIpc) is 3.21. The van der Waals surface area contributed by atoms with Crippen molar-refractivity contribution in [2.45, 2.75) is 69.6 Å². The van der Waals surface area contributed by atoms with E-state index in [-0.39, 0.29) is 10.3 Å². The lowest BCUT2D eigenvalue weighted by Gasteiger charge is -2.50. The molecule has 0 bridgehead atoms. The maximum atomic E-state index is 12.8. The molecule has 0 radical (unpaired) electrons. The van der Waals surface area contributed by atoms with E-state index < -0.39 is 10.0 Å². The smallest absolute Gasteiger partial charge is 0.276 e. The standard InChI is InChI=1S/C27H34N2O3S/c1-4-27-16-15-23-22-12-8-20(32-3)17-19(22)7-11-24(23)25(27)13-14-26(27)28-29-33(30,31)21-9-5-18(2)6-10-21/h5-6,8-10,12,17,23-25,29H,4,7,11,13-16H2,1-3H3/t23-,24-,25+,27+/m1/s1. The summed E-state index contributed by atoms with van der Waals surface area (Å²) in [5, 5.41) is 4.59. The summed E-state index contributed by atoms with van der Waals surface area (Å²) in [6, 6.07) is 13.5. The lowest BCUT2D eigenvalue weighted by molar-refractivity contribution is 0.0794. The van der Waals surface area contributed by atoms with E-state index in [0.29, 0.717) is 17.8 Å². The van der Waals surface area contributed by atoms with Crippen molar-refractivity contribution in [1.29, 1.82) is 0 Å². The van der Waals surface area contributed by atoms with Gasteiger partial charge in [-0.25, -0.2) is 4.83 Å². The summed E-state index contributed by atoms with van der Waals surface area (Å²) in [6.45, 7) is 4.20. The van der Waals surface area contributed by atoms with Crippen LogP contribution in [0.15, 0.2) is 52.5 Å². The molecule has 4 atom stereocenters. The molecule has 2 aromatic rings. The number of hydrogen-bond acceptors (Lipinski definition) is 4. The van der Waals surface area contributed by atoms with E-state index in [9.17, 15) is 8.42 Å². The van der Waals surface area contributed by atoms with Gasteiger partial charge in [0.25, 0.3) is 10.0 Å². The number of sulfonamides is 1. The van der Waals surface area contributed by atoms with Crippen molar-refractivity contribution in [2.75, 3.05) is 7.11 Å². The molecule has 0 amide bonds. The first-order valence-electron chi connectivity index (χ1n) is 12.2. The Bertz CT molecular complexity index is 1170. The molecule has 0 aromatic heterocycles. The first-order valence-corrected chi connectivity index (χ1v) is 13.7. The van der Waals surface area contributed by atoms with E-state index in [1.807, 2.05) is 19.1 Å². The number of rotatable bonds is 5. The van der Waals surface area contributed by atoms with Gasteiger partial charge in [-0.3, -0.25) is 0 Å². The first-order chi connectivity index (χ1) is 15.9. The minimum absolute atomic E-state index is 0.0148. The van der Waals surface area contributed by atoms with Crippen LogP contribution in [0.2, 0.25) is 0 Å². The highest BCUT2D eigenvalue weighted by atomic mass is 32.2. The molecular weight excluding hydrogens is 432 g/mol. The largest absolute Gasteiger partial charge is 0.497 e. The molecular formula is C27H34N2O3S. The molecule has 3 aliphatic carbocycles. The van der Waals surface area contributed by atoms with Crippen LogP contribution < -0.4 is 9.57 Å². The SMILES string of the molecule is CC[C@]12CC[C@@H]3c4ccc(OC)cc4CC[C@H]3[C@@H]1CCC2=NNS(=O)(=O)c1ccc(C)cc1. The summed E-state index contributed by atoms with van der Waals surface area (Å²) in [5.41, 5.74) is 5.05.